The van der Waals surface area contributed by atoms with Gasteiger partial charge in [-0.2, -0.15) is 4.31 Å². The summed E-state index contributed by atoms with van der Waals surface area (Å²) in [7, 11) is -3.80. The lowest BCUT2D eigenvalue weighted by Crippen LogP contribution is -2.40. The van der Waals surface area contributed by atoms with E-state index < -0.39 is 15.9 Å². The lowest BCUT2D eigenvalue weighted by atomic mass is 10.2. The van der Waals surface area contributed by atoms with Crippen molar-refractivity contribution in [2.45, 2.75) is 11.6 Å². The van der Waals surface area contributed by atoms with Crippen LogP contribution in [0.2, 0.25) is 0 Å². The molecule has 0 spiro atoms. The number of benzene rings is 1. The van der Waals surface area contributed by atoms with Gasteiger partial charge in [0.25, 0.3) is 15.9 Å². The Hall–Kier alpha value is -3.21. The Labute approximate surface area is 179 Å². The van der Waals surface area contributed by atoms with Gasteiger partial charge >= 0.3 is 0 Å². The molecule has 2 aromatic heterocycles. The van der Waals surface area contributed by atoms with Gasteiger partial charge in [0.15, 0.2) is 5.76 Å². The van der Waals surface area contributed by atoms with E-state index in [0.29, 0.717) is 24.8 Å². The van der Waals surface area contributed by atoms with Gasteiger partial charge in [-0.05, 0) is 35.9 Å². The van der Waals surface area contributed by atoms with E-state index in [2.05, 4.69) is 10.3 Å². The van der Waals surface area contributed by atoms with Crippen molar-refractivity contribution in [1.82, 2.24) is 14.6 Å². The molecular weight excluding hydrogens is 422 g/mol. The molecule has 0 atom stereocenters. The molecule has 1 aromatic carbocycles. The van der Waals surface area contributed by atoms with Crippen molar-refractivity contribution in [1.29, 1.82) is 0 Å². The minimum atomic E-state index is -3.80. The summed E-state index contributed by atoms with van der Waals surface area (Å²) in [6.07, 6.45) is 1.58. The Balaban J connectivity index is 1.38. The van der Waals surface area contributed by atoms with Gasteiger partial charge in [0.2, 0.25) is 11.0 Å². The van der Waals surface area contributed by atoms with Crippen LogP contribution in [0.5, 0.6) is 11.6 Å². The molecule has 0 bridgehead atoms. The van der Waals surface area contributed by atoms with Gasteiger partial charge in [-0.15, -0.1) is 0 Å². The maximum absolute atomic E-state index is 12.6. The fraction of sp³-hybridized carbons (Fsp3) is 0.238. The SMILES string of the molecule is O=C(NCc1ccnc(Oc2ccccc2)c1)c1ccc(S(=O)(=O)N2CCOCC2)o1. The summed E-state index contributed by atoms with van der Waals surface area (Å²) >= 11 is 0. The van der Waals surface area contributed by atoms with Crippen LogP contribution in [0, 0.1) is 0 Å². The Kier molecular flexibility index (Phi) is 6.31. The van der Waals surface area contributed by atoms with E-state index >= 15 is 0 Å². The first kappa shape index (κ1) is 21.0. The minimum absolute atomic E-state index is 0.0818. The summed E-state index contributed by atoms with van der Waals surface area (Å²) in [5.74, 6) is 0.447. The standard InChI is InChI=1S/C21H21N3O6S/c25-21(18-6-7-20(30-18)31(26,27)24-10-12-28-13-11-24)23-15-16-8-9-22-19(14-16)29-17-4-2-1-3-5-17/h1-9,14H,10-13,15H2,(H,23,25). The second-order valence-electron chi connectivity index (χ2n) is 6.74. The number of furan rings is 1. The predicted molar refractivity (Wildman–Crippen MR) is 110 cm³/mol. The van der Waals surface area contributed by atoms with Crippen molar-refractivity contribution in [2.24, 2.45) is 0 Å². The molecule has 1 N–H and O–H groups in total. The first-order valence-corrected chi connectivity index (χ1v) is 11.1. The van der Waals surface area contributed by atoms with E-state index in [0.717, 1.165) is 5.56 Å². The molecule has 1 saturated heterocycles. The summed E-state index contributed by atoms with van der Waals surface area (Å²) < 4.78 is 42.7. The van der Waals surface area contributed by atoms with Crippen LogP contribution in [-0.4, -0.2) is 49.9 Å². The number of hydrogen-bond donors (Lipinski definition) is 1. The van der Waals surface area contributed by atoms with Crippen LogP contribution in [0.15, 0.2) is 70.3 Å². The zero-order valence-electron chi connectivity index (χ0n) is 16.6. The number of aromatic nitrogens is 1. The molecule has 1 amide bonds. The van der Waals surface area contributed by atoms with Gasteiger partial charge in [-0.25, -0.2) is 13.4 Å². The molecule has 162 valence electrons. The summed E-state index contributed by atoms with van der Waals surface area (Å²) in [5.41, 5.74) is 0.766. The normalized spacial score (nSPS) is 14.8. The Bertz CT molecular complexity index is 1140. The van der Waals surface area contributed by atoms with Crippen LogP contribution in [0.3, 0.4) is 0 Å². The maximum Gasteiger partial charge on any atom is 0.287 e. The quantitative estimate of drug-likeness (QED) is 0.597. The number of amides is 1. The number of pyridine rings is 1. The zero-order valence-corrected chi connectivity index (χ0v) is 17.4. The smallest absolute Gasteiger partial charge is 0.287 e. The molecule has 10 heteroatoms. The van der Waals surface area contributed by atoms with E-state index in [1.54, 1.807) is 18.3 Å². The van der Waals surface area contributed by atoms with Crippen LogP contribution in [0.4, 0.5) is 0 Å². The number of para-hydroxylation sites is 1. The zero-order chi connectivity index (χ0) is 21.7. The lowest BCUT2D eigenvalue weighted by molar-refractivity contribution is 0.0722. The molecule has 1 aliphatic heterocycles. The average Bonchev–Trinajstić information content (AvgIpc) is 3.30. The molecule has 3 heterocycles. The highest BCUT2D eigenvalue weighted by Crippen LogP contribution is 2.21. The van der Waals surface area contributed by atoms with E-state index in [9.17, 15) is 13.2 Å². The van der Waals surface area contributed by atoms with Gasteiger partial charge in [-0.3, -0.25) is 4.79 Å². The molecule has 0 radical (unpaired) electrons. The molecule has 0 aliphatic carbocycles. The van der Waals surface area contributed by atoms with Gasteiger partial charge in [0, 0.05) is 31.9 Å². The number of sulfonamides is 1. The topological polar surface area (TPSA) is 111 Å². The van der Waals surface area contributed by atoms with Crippen molar-refractivity contribution >= 4 is 15.9 Å². The van der Waals surface area contributed by atoms with Crippen molar-refractivity contribution in [2.75, 3.05) is 26.3 Å². The van der Waals surface area contributed by atoms with Crippen LogP contribution < -0.4 is 10.1 Å². The van der Waals surface area contributed by atoms with Crippen LogP contribution >= 0.6 is 0 Å². The lowest BCUT2D eigenvalue weighted by Gasteiger charge is -2.24. The Morgan fingerprint density at radius 1 is 1.10 bits per heavy atom. The summed E-state index contributed by atoms with van der Waals surface area (Å²) in [5, 5.41) is 2.44. The average molecular weight is 443 g/mol. The van der Waals surface area contributed by atoms with Crippen molar-refractivity contribution < 1.29 is 27.1 Å². The highest BCUT2D eigenvalue weighted by Gasteiger charge is 2.30. The molecule has 3 aromatic rings. The fourth-order valence-corrected chi connectivity index (χ4v) is 4.31. The van der Waals surface area contributed by atoms with E-state index in [-0.39, 0.29) is 30.5 Å². The monoisotopic (exact) mass is 443 g/mol. The number of ether oxygens (including phenoxy) is 2. The molecule has 1 fully saturated rings. The number of carbonyl (C=O) groups is 1. The van der Waals surface area contributed by atoms with Gasteiger partial charge in [-0.1, -0.05) is 18.2 Å². The van der Waals surface area contributed by atoms with Crippen molar-refractivity contribution in [3.63, 3.8) is 0 Å². The van der Waals surface area contributed by atoms with E-state index in [1.165, 1.54) is 16.4 Å². The Morgan fingerprint density at radius 2 is 1.87 bits per heavy atom. The predicted octanol–water partition coefficient (Wildman–Crippen LogP) is 2.42. The second kappa shape index (κ2) is 9.29. The molecule has 0 saturated carbocycles. The van der Waals surface area contributed by atoms with Crippen LogP contribution in [0.1, 0.15) is 16.1 Å². The first-order valence-electron chi connectivity index (χ1n) is 9.66. The van der Waals surface area contributed by atoms with Crippen molar-refractivity contribution in [3.05, 3.63) is 72.1 Å². The number of nitrogens with zero attached hydrogens (tertiary/aromatic N) is 2. The highest BCUT2D eigenvalue weighted by molar-refractivity contribution is 7.89. The number of carbonyl (C=O) groups excluding carboxylic acids is 1. The minimum Gasteiger partial charge on any atom is -0.439 e. The number of rotatable bonds is 7. The third kappa shape index (κ3) is 5.10. The Morgan fingerprint density at radius 3 is 2.65 bits per heavy atom. The van der Waals surface area contributed by atoms with Crippen LogP contribution in [0.25, 0.3) is 0 Å². The largest absolute Gasteiger partial charge is 0.439 e. The van der Waals surface area contributed by atoms with E-state index in [1.807, 2.05) is 30.3 Å². The first-order chi connectivity index (χ1) is 15.0. The number of hydrogen-bond acceptors (Lipinski definition) is 7. The highest BCUT2D eigenvalue weighted by atomic mass is 32.2. The third-order valence-corrected chi connectivity index (χ3v) is 6.36. The molecule has 31 heavy (non-hydrogen) atoms. The fourth-order valence-electron chi connectivity index (χ4n) is 2.99. The summed E-state index contributed by atoms with van der Waals surface area (Å²) in [6.45, 7) is 1.35. The van der Waals surface area contributed by atoms with Gasteiger partial charge in [0.1, 0.15) is 5.75 Å². The van der Waals surface area contributed by atoms with Crippen LogP contribution in [-0.2, 0) is 21.3 Å². The van der Waals surface area contributed by atoms with E-state index in [4.69, 9.17) is 13.9 Å². The number of nitrogens with one attached hydrogen (secondary N) is 1. The molecule has 4 rings (SSSR count). The van der Waals surface area contributed by atoms with Gasteiger partial charge < -0.3 is 19.2 Å². The molecular formula is C21H21N3O6S. The molecule has 1 aliphatic rings. The maximum atomic E-state index is 12.6. The summed E-state index contributed by atoms with van der Waals surface area (Å²) in [4.78, 5) is 16.6. The molecule has 0 unspecified atom stereocenters. The number of morpholine rings is 1. The molecule has 9 nitrogen and oxygen atoms in total. The third-order valence-electron chi connectivity index (χ3n) is 4.59. The second-order valence-corrected chi connectivity index (χ2v) is 8.60. The van der Waals surface area contributed by atoms with Crippen molar-refractivity contribution in [3.8, 4) is 11.6 Å². The van der Waals surface area contributed by atoms with Gasteiger partial charge in [0.05, 0.1) is 13.2 Å². The summed E-state index contributed by atoms with van der Waals surface area (Å²) in [6, 6.07) is 15.3.